The van der Waals surface area contributed by atoms with Crippen LogP contribution in [0.3, 0.4) is 0 Å². The second kappa shape index (κ2) is 10.8. The van der Waals surface area contributed by atoms with Gasteiger partial charge in [-0.2, -0.15) is 0 Å². The van der Waals surface area contributed by atoms with Crippen molar-refractivity contribution >= 4 is 17.5 Å². The summed E-state index contributed by atoms with van der Waals surface area (Å²) < 4.78 is 5.61. The maximum atomic E-state index is 12.8. The van der Waals surface area contributed by atoms with Crippen LogP contribution >= 0.6 is 0 Å². The molecule has 0 aliphatic carbocycles. The number of nitrogens with one attached hydrogen (secondary N) is 2. The normalized spacial score (nSPS) is 11.4. The van der Waals surface area contributed by atoms with Crippen LogP contribution in [0, 0.1) is 0 Å². The minimum atomic E-state index is -0.227. The maximum Gasteiger partial charge on any atom is 0.253 e. The number of carbonyl (C=O) groups excluding carboxylic acids is 2. The second-order valence-corrected chi connectivity index (χ2v) is 6.96. The molecule has 0 aliphatic rings. The smallest absolute Gasteiger partial charge is 0.253 e. The van der Waals surface area contributed by atoms with Gasteiger partial charge in [-0.15, -0.1) is 0 Å². The molecule has 0 saturated heterocycles. The average molecular weight is 402 g/mol. The first-order valence-corrected chi connectivity index (χ1v) is 10.1. The molecule has 2 amide bonds. The van der Waals surface area contributed by atoms with E-state index in [1.54, 1.807) is 24.3 Å². The van der Waals surface area contributed by atoms with E-state index in [0.29, 0.717) is 30.7 Å². The van der Waals surface area contributed by atoms with Crippen LogP contribution in [0.2, 0.25) is 0 Å². The summed E-state index contributed by atoms with van der Waals surface area (Å²) in [7, 11) is 0. The summed E-state index contributed by atoms with van der Waals surface area (Å²) >= 11 is 0. The highest BCUT2D eigenvalue weighted by molar-refractivity contribution is 6.03. The Morgan fingerprint density at radius 1 is 0.867 bits per heavy atom. The van der Waals surface area contributed by atoms with Crippen LogP contribution in [0.1, 0.15) is 41.7 Å². The molecule has 0 radical (unpaired) electrons. The average Bonchev–Trinajstić information content (AvgIpc) is 2.78. The molecule has 154 valence electrons. The van der Waals surface area contributed by atoms with Gasteiger partial charge in [0.25, 0.3) is 5.91 Å². The molecule has 5 nitrogen and oxygen atoms in total. The van der Waals surface area contributed by atoms with Crippen LogP contribution in [0.25, 0.3) is 0 Å². The number of anilines is 1. The molecule has 0 saturated carbocycles. The summed E-state index contributed by atoms with van der Waals surface area (Å²) in [6.45, 7) is 2.38. The zero-order chi connectivity index (χ0) is 21.2. The minimum absolute atomic E-state index is 0.141. The number of ether oxygens (including phenoxy) is 1. The van der Waals surface area contributed by atoms with Gasteiger partial charge in [0.2, 0.25) is 5.91 Å². The molecule has 30 heavy (non-hydrogen) atoms. The number of benzene rings is 3. The van der Waals surface area contributed by atoms with Crippen molar-refractivity contribution < 1.29 is 14.3 Å². The Bertz CT molecular complexity index is 958. The van der Waals surface area contributed by atoms with E-state index in [-0.39, 0.29) is 17.9 Å². The Kier molecular flexibility index (Phi) is 7.61. The summed E-state index contributed by atoms with van der Waals surface area (Å²) in [4.78, 5) is 25.1. The summed E-state index contributed by atoms with van der Waals surface area (Å²) in [6, 6.07) is 26.1. The lowest BCUT2D eigenvalue weighted by Gasteiger charge is -2.16. The Morgan fingerprint density at radius 3 is 2.23 bits per heavy atom. The summed E-state index contributed by atoms with van der Waals surface area (Å²) in [5.41, 5.74) is 1.96. The predicted molar refractivity (Wildman–Crippen MR) is 119 cm³/mol. The third-order valence-corrected chi connectivity index (χ3v) is 4.65. The fraction of sp³-hybridized carbons (Fsp3) is 0.200. The minimum Gasteiger partial charge on any atom is -0.494 e. The third kappa shape index (κ3) is 6.21. The number of hydrogen-bond donors (Lipinski definition) is 2. The monoisotopic (exact) mass is 402 g/mol. The highest BCUT2D eigenvalue weighted by Crippen LogP contribution is 2.18. The summed E-state index contributed by atoms with van der Waals surface area (Å²) in [6.07, 6.45) is 0.892. The first-order chi connectivity index (χ1) is 14.6. The Hall–Kier alpha value is -3.60. The molecule has 3 aromatic carbocycles. The number of rotatable bonds is 9. The fourth-order valence-electron chi connectivity index (χ4n) is 3.04. The second-order valence-electron chi connectivity index (χ2n) is 6.96. The topological polar surface area (TPSA) is 67.4 Å². The van der Waals surface area contributed by atoms with Gasteiger partial charge in [-0.1, -0.05) is 60.7 Å². The van der Waals surface area contributed by atoms with E-state index in [0.717, 1.165) is 11.3 Å². The molecule has 1 atom stereocenters. The molecular formula is C25H26N2O3. The number of amides is 2. The van der Waals surface area contributed by atoms with Gasteiger partial charge in [0.15, 0.2) is 0 Å². The lowest BCUT2D eigenvalue weighted by Crippen LogP contribution is -2.28. The van der Waals surface area contributed by atoms with Gasteiger partial charge in [-0.05, 0) is 43.2 Å². The van der Waals surface area contributed by atoms with Gasteiger partial charge in [-0.3, -0.25) is 9.59 Å². The van der Waals surface area contributed by atoms with Crippen LogP contribution in [0.5, 0.6) is 5.75 Å². The largest absolute Gasteiger partial charge is 0.494 e. The van der Waals surface area contributed by atoms with Crippen molar-refractivity contribution in [3.05, 3.63) is 96.1 Å². The molecule has 5 heteroatoms. The third-order valence-electron chi connectivity index (χ3n) is 4.65. The van der Waals surface area contributed by atoms with E-state index in [1.807, 2.05) is 67.6 Å². The quantitative estimate of drug-likeness (QED) is 0.496. The van der Waals surface area contributed by atoms with Crippen molar-refractivity contribution in [1.29, 1.82) is 0 Å². The Morgan fingerprint density at radius 2 is 1.50 bits per heavy atom. The van der Waals surface area contributed by atoms with Crippen molar-refractivity contribution in [3.8, 4) is 5.75 Å². The van der Waals surface area contributed by atoms with Crippen molar-refractivity contribution in [2.24, 2.45) is 0 Å². The van der Waals surface area contributed by atoms with Crippen LogP contribution in [-0.4, -0.2) is 18.4 Å². The van der Waals surface area contributed by atoms with E-state index >= 15 is 0 Å². The standard InChI is InChI=1S/C25H26N2O3/c1-19(20-11-4-2-5-12-20)26-25(29)22-15-8-9-16-23(22)27-24(28)17-10-18-30-21-13-6-3-7-14-21/h2-9,11-16,19H,10,17-18H2,1H3,(H,26,29)(H,27,28)/t19-/m1/s1. The van der Waals surface area contributed by atoms with Crippen LogP contribution in [-0.2, 0) is 4.79 Å². The lowest BCUT2D eigenvalue weighted by atomic mass is 10.1. The summed E-state index contributed by atoms with van der Waals surface area (Å²) in [5.74, 6) is 0.408. The molecule has 2 N–H and O–H groups in total. The molecule has 3 aromatic rings. The Balaban J connectivity index is 1.52. The lowest BCUT2D eigenvalue weighted by molar-refractivity contribution is -0.116. The van der Waals surface area contributed by atoms with Crippen molar-refractivity contribution in [1.82, 2.24) is 5.32 Å². The van der Waals surface area contributed by atoms with E-state index < -0.39 is 0 Å². The SMILES string of the molecule is C[C@@H](NC(=O)c1ccccc1NC(=O)CCCOc1ccccc1)c1ccccc1. The van der Waals surface area contributed by atoms with Crippen molar-refractivity contribution in [2.45, 2.75) is 25.8 Å². The molecule has 3 rings (SSSR count). The van der Waals surface area contributed by atoms with Gasteiger partial charge >= 0.3 is 0 Å². The van der Waals surface area contributed by atoms with Crippen molar-refractivity contribution in [2.75, 3.05) is 11.9 Å². The van der Waals surface area contributed by atoms with E-state index in [1.165, 1.54) is 0 Å². The van der Waals surface area contributed by atoms with Crippen LogP contribution in [0.4, 0.5) is 5.69 Å². The molecule has 0 unspecified atom stereocenters. The van der Waals surface area contributed by atoms with Gasteiger partial charge in [-0.25, -0.2) is 0 Å². The predicted octanol–water partition coefficient (Wildman–Crippen LogP) is 4.98. The summed E-state index contributed by atoms with van der Waals surface area (Å²) in [5, 5.41) is 5.83. The zero-order valence-electron chi connectivity index (χ0n) is 17.0. The number of hydrogen-bond acceptors (Lipinski definition) is 3. The molecule has 0 spiro atoms. The van der Waals surface area contributed by atoms with Gasteiger partial charge < -0.3 is 15.4 Å². The number of para-hydroxylation sites is 2. The van der Waals surface area contributed by atoms with Crippen LogP contribution < -0.4 is 15.4 Å². The first kappa shape index (κ1) is 21.1. The molecular weight excluding hydrogens is 376 g/mol. The molecule has 0 fully saturated rings. The van der Waals surface area contributed by atoms with E-state index in [4.69, 9.17) is 4.74 Å². The first-order valence-electron chi connectivity index (χ1n) is 10.1. The molecule has 0 aromatic heterocycles. The highest BCUT2D eigenvalue weighted by Gasteiger charge is 2.16. The maximum absolute atomic E-state index is 12.8. The fourth-order valence-corrected chi connectivity index (χ4v) is 3.04. The van der Waals surface area contributed by atoms with Gasteiger partial charge in [0.05, 0.1) is 23.9 Å². The van der Waals surface area contributed by atoms with Gasteiger partial charge in [0, 0.05) is 6.42 Å². The van der Waals surface area contributed by atoms with E-state index in [2.05, 4.69) is 10.6 Å². The van der Waals surface area contributed by atoms with E-state index in [9.17, 15) is 9.59 Å². The Labute approximate surface area is 177 Å². The van der Waals surface area contributed by atoms with Gasteiger partial charge in [0.1, 0.15) is 5.75 Å². The van der Waals surface area contributed by atoms with Crippen LogP contribution in [0.15, 0.2) is 84.9 Å². The molecule has 0 aliphatic heterocycles. The van der Waals surface area contributed by atoms with Crippen molar-refractivity contribution in [3.63, 3.8) is 0 Å². The molecule has 0 heterocycles. The zero-order valence-corrected chi connectivity index (χ0v) is 17.0. The highest BCUT2D eigenvalue weighted by atomic mass is 16.5. The molecule has 0 bridgehead atoms. The number of carbonyl (C=O) groups is 2.